The maximum absolute atomic E-state index is 12.3. The van der Waals surface area contributed by atoms with E-state index >= 15 is 0 Å². The zero-order valence-corrected chi connectivity index (χ0v) is 19.4. The van der Waals surface area contributed by atoms with E-state index in [1.54, 1.807) is 38.3 Å². The van der Waals surface area contributed by atoms with E-state index in [0.29, 0.717) is 57.1 Å². The van der Waals surface area contributed by atoms with Crippen molar-refractivity contribution in [2.24, 2.45) is 0 Å². The summed E-state index contributed by atoms with van der Waals surface area (Å²) in [5, 5.41) is 10.5. The minimum Gasteiger partial charge on any atom is -0.501 e. The van der Waals surface area contributed by atoms with Gasteiger partial charge in [-0.15, -0.1) is 0 Å². The normalized spacial score (nSPS) is 10.7. The predicted molar refractivity (Wildman–Crippen MR) is 126 cm³/mol. The molecule has 2 heterocycles. The number of hydrogen-bond acceptors (Lipinski definition) is 8. The van der Waals surface area contributed by atoms with E-state index in [0.717, 1.165) is 0 Å². The molecule has 0 aliphatic heterocycles. The summed E-state index contributed by atoms with van der Waals surface area (Å²) in [4.78, 5) is 20.3. The van der Waals surface area contributed by atoms with Gasteiger partial charge in [0.1, 0.15) is 34.5 Å². The van der Waals surface area contributed by atoms with Crippen molar-refractivity contribution in [3.63, 3.8) is 0 Å². The summed E-state index contributed by atoms with van der Waals surface area (Å²) in [6, 6.07) is 11.9. The summed E-state index contributed by atoms with van der Waals surface area (Å²) in [6.45, 7) is 1.63. The predicted octanol–water partition coefficient (Wildman–Crippen LogP) is 4.41. The molecule has 176 valence electrons. The van der Waals surface area contributed by atoms with Crippen molar-refractivity contribution in [3.8, 4) is 62.8 Å². The van der Waals surface area contributed by atoms with E-state index in [2.05, 4.69) is 4.98 Å². The Morgan fingerprint density at radius 3 is 2.29 bits per heavy atom. The van der Waals surface area contributed by atoms with Crippen LogP contribution < -0.4 is 24.4 Å². The largest absolute Gasteiger partial charge is 0.501 e. The third kappa shape index (κ3) is 4.03. The molecule has 0 aliphatic rings. The number of rotatable bonds is 7. The lowest BCUT2D eigenvalue weighted by molar-refractivity contribution is 0.349. The molecule has 34 heavy (non-hydrogen) atoms. The first-order chi connectivity index (χ1) is 16.4. The Kier molecular flexibility index (Phi) is 6.18. The molecule has 0 saturated heterocycles. The van der Waals surface area contributed by atoms with E-state index in [1.807, 2.05) is 12.1 Å². The minimum atomic E-state index is -0.560. The molecule has 9 heteroatoms. The molecule has 0 aliphatic carbocycles. The number of aromatic amines is 1. The molecule has 0 unspecified atom stereocenters. The fourth-order valence-corrected chi connectivity index (χ4v) is 3.63. The smallest absolute Gasteiger partial charge is 0.227 e. The number of aryl methyl sites for hydroxylation is 1. The van der Waals surface area contributed by atoms with Gasteiger partial charge in [-0.1, -0.05) is 12.1 Å². The molecule has 9 nitrogen and oxygen atoms in total. The molecule has 0 spiro atoms. The monoisotopic (exact) mass is 464 g/mol. The summed E-state index contributed by atoms with van der Waals surface area (Å²) in [5.41, 5.74) is 1.45. The van der Waals surface area contributed by atoms with Gasteiger partial charge >= 0.3 is 0 Å². The molecule has 0 bridgehead atoms. The van der Waals surface area contributed by atoms with Crippen molar-refractivity contribution in [2.75, 3.05) is 28.4 Å². The third-order valence-electron chi connectivity index (χ3n) is 5.28. The number of nitrogens with zero attached hydrogens (tertiary/aromatic N) is 1. The summed E-state index contributed by atoms with van der Waals surface area (Å²) in [6.07, 6.45) is 0. The van der Waals surface area contributed by atoms with Crippen LogP contribution in [0.1, 0.15) is 5.76 Å². The van der Waals surface area contributed by atoms with Gasteiger partial charge in [-0.25, -0.2) is 4.98 Å². The van der Waals surface area contributed by atoms with Crippen LogP contribution in [-0.4, -0.2) is 43.5 Å². The first-order valence-corrected chi connectivity index (χ1v) is 10.3. The number of aromatic hydroxyl groups is 1. The van der Waals surface area contributed by atoms with E-state index < -0.39 is 11.2 Å². The molecule has 0 saturated carbocycles. The number of hydrogen-bond donors (Lipinski definition) is 2. The topological polar surface area (TPSA) is 116 Å². The zero-order valence-electron chi connectivity index (χ0n) is 19.4. The SMILES string of the molecule is COc1cccc(-c2nc(-c3cc(OC)c(OC)cc3OC)[nH]c2-c2oc(C)cc(=O)c2O)c1. The summed E-state index contributed by atoms with van der Waals surface area (Å²) in [5.74, 6) is 2.25. The van der Waals surface area contributed by atoms with Crippen LogP contribution >= 0.6 is 0 Å². The standard InChI is InChI=1S/C25H24N2O7/c1-13-9-17(28)23(29)24(34-13)22-21(14-7-6-8-15(10-14)30-2)26-25(27-22)16-11-19(32-4)20(33-5)12-18(16)31-3/h6-12,29H,1-5H3,(H,26,27). The second-order valence-corrected chi connectivity index (χ2v) is 7.35. The van der Waals surface area contributed by atoms with Gasteiger partial charge < -0.3 is 33.5 Å². The lowest BCUT2D eigenvalue weighted by Gasteiger charge is -2.12. The second kappa shape index (κ2) is 9.22. The van der Waals surface area contributed by atoms with E-state index in [1.165, 1.54) is 27.4 Å². The van der Waals surface area contributed by atoms with Gasteiger partial charge in [-0.05, 0) is 25.1 Å². The Balaban J connectivity index is 2.02. The molecule has 2 aromatic carbocycles. The molecule has 2 N–H and O–H groups in total. The summed E-state index contributed by atoms with van der Waals surface area (Å²) >= 11 is 0. The number of ether oxygens (including phenoxy) is 4. The highest BCUT2D eigenvalue weighted by Crippen LogP contribution is 2.42. The number of imidazole rings is 1. The van der Waals surface area contributed by atoms with Crippen LogP contribution in [-0.2, 0) is 0 Å². The molecule has 0 amide bonds. The van der Waals surface area contributed by atoms with Crippen molar-refractivity contribution < 1.29 is 28.5 Å². The third-order valence-corrected chi connectivity index (χ3v) is 5.28. The molecule has 2 aromatic heterocycles. The number of benzene rings is 2. The zero-order chi connectivity index (χ0) is 24.4. The van der Waals surface area contributed by atoms with Crippen molar-refractivity contribution in [2.45, 2.75) is 6.92 Å². The van der Waals surface area contributed by atoms with Gasteiger partial charge in [0.15, 0.2) is 17.3 Å². The molecule has 4 rings (SSSR count). The lowest BCUT2D eigenvalue weighted by atomic mass is 10.1. The van der Waals surface area contributed by atoms with E-state index in [4.69, 9.17) is 28.3 Å². The minimum absolute atomic E-state index is 0.0268. The van der Waals surface area contributed by atoms with Crippen molar-refractivity contribution in [1.82, 2.24) is 9.97 Å². The molecule has 0 atom stereocenters. The van der Waals surface area contributed by atoms with Gasteiger partial charge in [-0.2, -0.15) is 0 Å². The van der Waals surface area contributed by atoms with Crippen LogP contribution in [0.3, 0.4) is 0 Å². The van der Waals surface area contributed by atoms with Crippen LogP contribution in [0.15, 0.2) is 51.7 Å². The van der Waals surface area contributed by atoms with Crippen LogP contribution in [0.2, 0.25) is 0 Å². The molecule has 0 radical (unpaired) electrons. The number of H-pyrrole nitrogens is 1. The Morgan fingerprint density at radius 2 is 1.62 bits per heavy atom. The fraction of sp³-hybridized carbons (Fsp3) is 0.200. The van der Waals surface area contributed by atoms with Gasteiger partial charge in [0, 0.05) is 17.7 Å². The number of methoxy groups -OCH3 is 4. The van der Waals surface area contributed by atoms with E-state index in [-0.39, 0.29) is 5.76 Å². The van der Waals surface area contributed by atoms with Gasteiger partial charge in [-0.3, -0.25) is 4.79 Å². The molecular formula is C25H24N2O7. The van der Waals surface area contributed by atoms with E-state index in [9.17, 15) is 9.90 Å². The highest BCUT2D eigenvalue weighted by atomic mass is 16.5. The Bertz CT molecular complexity index is 1410. The van der Waals surface area contributed by atoms with Crippen LogP contribution in [0.4, 0.5) is 0 Å². The van der Waals surface area contributed by atoms with Crippen molar-refractivity contribution in [3.05, 3.63) is 58.4 Å². The Morgan fingerprint density at radius 1 is 0.912 bits per heavy atom. The van der Waals surface area contributed by atoms with Crippen LogP contribution in [0, 0.1) is 6.92 Å². The molecule has 4 aromatic rings. The van der Waals surface area contributed by atoms with Gasteiger partial charge in [0.05, 0.1) is 34.0 Å². The lowest BCUT2D eigenvalue weighted by Crippen LogP contribution is -2.01. The van der Waals surface area contributed by atoms with Crippen LogP contribution in [0.5, 0.6) is 28.7 Å². The Labute approximate surface area is 195 Å². The summed E-state index contributed by atoms with van der Waals surface area (Å²) < 4.78 is 27.5. The van der Waals surface area contributed by atoms with Gasteiger partial charge in [0.2, 0.25) is 11.2 Å². The van der Waals surface area contributed by atoms with Gasteiger partial charge in [0.25, 0.3) is 0 Å². The summed E-state index contributed by atoms with van der Waals surface area (Å²) in [7, 11) is 6.16. The number of aromatic nitrogens is 2. The van der Waals surface area contributed by atoms with Crippen molar-refractivity contribution >= 4 is 0 Å². The quantitative estimate of drug-likeness (QED) is 0.413. The highest BCUT2D eigenvalue weighted by Gasteiger charge is 2.24. The number of nitrogens with one attached hydrogen (secondary N) is 1. The van der Waals surface area contributed by atoms with Crippen molar-refractivity contribution in [1.29, 1.82) is 0 Å². The average molecular weight is 464 g/mol. The maximum Gasteiger partial charge on any atom is 0.227 e. The Hall–Kier alpha value is -4.40. The fourth-order valence-electron chi connectivity index (χ4n) is 3.63. The molecule has 0 fully saturated rings. The average Bonchev–Trinajstić information content (AvgIpc) is 3.30. The first-order valence-electron chi connectivity index (χ1n) is 10.3. The maximum atomic E-state index is 12.3. The first kappa shape index (κ1) is 22.8. The highest BCUT2D eigenvalue weighted by molar-refractivity contribution is 5.83. The van der Waals surface area contributed by atoms with Crippen LogP contribution in [0.25, 0.3) is 34.1 Å². The second-order valence-electron chi connectivity index (χ2n) is 7.35. The molecular weight excluding hydrogens is 440 g/mol.